The minimum Gasteiger partial charge on any atom is -0.316 e. The molecule has 0 aliphatic carbocycles. The zero-order chi connectivity index (χ0) is 17.6. The number of benzene rings is 1. The molecule has 25 heavy (non-hydrogen) atoms. The van der Waals surface area contributed by atoms with Gasteiger partial charge in [0.05, 0.1) is 5.69 Å². The van der Waals surface area contributed by atoms with Crippen molar-refractivity contribution in [3.05, 3.63) is 42.6 Å². The highest BCUT2D eigenvalue weighted by Gasteiger charge is 2.35. The molecule has 2 saturated heterocycles. The second kappa shape index (κ2) is 7.17. The Balaban J connectivity index is 1.79. The summed E-state index contributed by atoms with van der Waals surface area (Å²) in [6.45, 7) is 9.91. The molecule has 0 spiro atoms. The molecule has 2 aliphatic heterocycles. The molecule has 0 saturated carbocycles. The summed E-state index contributed by atoms with van der Waals surface area (Å²) in [4.78, 5) is 0. The van der Waals surface area contributed by atoms with E-state index in [-0.39, 0.29) is 15.8 Å². The number of nitrogens with zero attached hydrogens (tertiary/aromatic N) is 1. The van der Waals surface area contributed by atoms with Crippen LogP contribution >= 0.6 is 15.8 Å². The van der Waals surface area contributed by atoms with Crippen molar-refractivity contribution >= 4 is 26.6 Å². The summed E-state index contributed by atoms with van der Waals surface area (Å²) in [6, 6.07) is 14.0. The van der Waals surface area contributed by atoms with Crippen molar-refractivity contribution in [2.24, 2.45) is 0 Å². The van der Waals surface area contributed by atoms with E-state index in [1.54, 1.807) is 10.7 Å². The van der Waals surface area contributed by atoms with Crippen molar-refractivity contribution in [3.63, 3.8) is 0 Å². The lowest BCUT2D eigenvalue weighted by atomic mass is 10.2. The summed E-state index contributed by atoms with van der Waals surface area (Å²) < 4.78 is 2.57. The van der Waals surface area contributed by atoms with Crippen molar-refractivity contribution in [2.75, 3.05) is 0 Å². The van der Waals surface area contributed by atoms with Gasteiger partial charge in [-0.25, -0.2) is 0 Å². The molecule has 2 aromatic rings. The molecule has 0 N–H and O–H groups in total. The molecule has 2 fully saturated rings. The fraction of sp³-hybridized carbons (Fsp3) is 0.545. The van der Waals surface area contributed by atoms with Gasteiger partial charge in [-0.2, -0.15) is 0 Å². The van der Waals surface area contributed by atoms with Gasteiger partial charge in [-0.3, -0.25) is 0 Å². The number of rotatable bonds is 3. The van der Waals surface area contributed by atoms with E-state index >= 15 is 0 Å². The van der Waals surface area contributed by atoms with Crippen molar-refractivity contribution in [3.8, 4) is 5.69 Å². The minimum absolute atomic E-state index is 0.0466. The summed E-state index contributed by atoms with van der Waals surface area (Å²) >= 11 is 0. The van der Waals surface area contributed by atoms with E-state index in [1.165, 1.54) is 31.4 Å². The fourth-order valence-electron chi connectivity index (χ4n) is 4.99. The van der Waals surface area contributed by atoms with Crippen molar-refractivity contribution in [2.45, 2.75) is 76.0 Å². The third kappa shape index (κ3) is 3.13. The van der Waals surface area contributed by atoms with Crippen LogP contribution in [-0.4, -0.2) is 27.2 Å². The van der Waals surface area contributed by atoms with Crippen LogP contribution in [0.4, 0.5) is 0 Å². The third-order valence-corrected chi connectivity index (χ3v) is 13.0. The maximum atomic E-state index is 2.57. The Morgan fingerprint density at radius 1 is 0.720 bits per heavy atom. The van der Waals surface area contributed by atoms with Crippen LogP contribution in [0.5, 0.6) is 0 Å². The van der Waals surface area contributed by atoms with E-state index in [4.69, 9.17) is 0 Å². The van der Waals surface area contributed by atoms with Crippen molar-refractivity contribution < 1.29 is 0 Å². The Morgan fingerprint density at radius 3 is 1.92 bits per heavy atom. The average molecular weight is 371 g/mol. The number of para-hydroxylation sites is 1. The van der Waals surface area contributed by atoms with Crippen molar-refractivity contribution in [1.29, 1.82) is 0 Å². The Labute approximate surface area is 155 Å². The molecular weight excluding hydrogens is 340 g/mol. The first kappa shape index (κ1) is 17.8. The molecule has 1 aromatic carbocycles. The van der Waals surface area contributed by atoms with Crippen LogP contribution in [-0.2, 0) is 0 Å². The summed E-state index contributed by atoms with van der Waals surface area (Å²) in [5.41, 5.74) is 6.53. The first-order valence-electron chi connectivity index (χ1n) is 9.91. The van der Waals surface area contributed by atoms with E-state index in [9.17, 15) is 0 Å². The van der Waals surface area contributed by atoms with Crippen molar-refractivity contribution in [1.82, 2.24) is 4.57 Å². The average Bonchev–Trinajstić information content (AvgIpc) is 3.28. The first-order chi connectivity index (χ1) is 12.1. The molecule has 0 radical (unpaired) electrons. The summed E-state index contributed by atoms with van der Waals surface area (Å²) in [5, 5.41) is 1.64. The third-order valence-electron chi connectivity index (χ3n) is 6.32. The lowest BCUT2D eigenvalue weighted by Crippen LogP contribution is -2.24. The first-order valence-corrected chi connectivity index (χ1v) is 12.9. The van der Waals surface area contributed by atoms with Gasteiger partial charge >= 0.3 is 0 Å². The molecule has 0 bridgehead atoms. The predicted octanol–water partition coefficient (Wildman–Crippen LogP) is 5.83. The van der Waals surface area contributed by atoms with Gasteiger partial charge in [-0.05, 0) is 66.5 Å². The number of aromatic nitrogens is 1. The standard InChI is InChI=1S/C22H31NP2/c1-16-11-12-17(2)24(16)21-9-6-5-8-20(21)23-15-7-10-22(23)25-18(3)13-14-19(25)4/h5-10,15-19H,11-14H2,1-4H3/t16-,17-,18-,19-/m1/s1. The van der Waals surface area contributed by atoms with Gasteiger partial charge in [0.15, 0.2) is 0 Å². The molecular formula is C22H31NP2. The fourth-order valence-corrected chi connectivity index (χ4v) is 11.7. The van der Waals surface area contributed by atoms with Crippen LogP contribution in [0.25, 0.3) is 5.69 Å². The lowest BCUT2D eigenvalue weighted by molar-refractivity contribution is 0.777. The van der Waals surface area contributed by atoms with Crippen LogP contribution in [0.3, 0.4) is 0 Å². The highest BCUT2D eigenvalue weighted by atomic mass is 31.1. The van der Waals surface area contributed by atoms with E-state index < -0.39 is 0 Å². The summed E-state index contributed by atoms with van der Waals surface area (Å²) in [7, 11) is -0.0951. The Kier molecular flexibility index (Phi) is 5.09. The Morgan fingerprint density at radius 2 is 1.28 bits per heavy atom. The van der Waals surface area contributed by atoms with E-state index in [0.29, 0.717) is 0 Å². The molecule has 0 unspecified atom stereocenters. The highest BCUT2D eigenvalue weighted by Crippen LogP contribution is 2.56. The monoisotopic (exact) mass is 371 g/mol. The molecule has 3 heteroatoms. The SMILES string of the molecule is C[C@@H]1CC[C@@H](C)P1c1ccccc1-n1cccc1P1[C@H](C)CC[C@H]1C. The largest absolute Gasteiger partial charge is 0.316 e. The number of hydrogen-bond acceptors (Lipinski definition) is 0. The quantitative estimate of drug-likeness (QED) is 0.598. The zero-order valence-electron chi connectivity index (χ0n) is 16.0. The Hall–Kier alpha value is -0.640. The molecule has 3 heterocycles. The minimum atomic E-state index is -0.0485. The smallest absolute Gasteiger partial charge is 0.0532 e. The predicted molar refractivity (Wildman–Crippen MR) is 115 cm³/mol. The van der Waals surface area contributed by atoms with Crippen LogP contribution in [0, 0.1) is 0 Å². The molecule has 2 aliphatic rings. The Bertz CT molecular complexity index is 717. The molecule has 1 aromatic heterocycles. The van der Waals surface area contributed by atoms with Gasteiger partial charge in [-0.15, -0.1) is 0 Å². The van der Waals surface area contributed by atoms with Crippen LogP contribution in [0.15, 0.2) is 42.6 Å². The van der Waals surface area contributed by atoms with Gasteiger partial charge in [0.25, 0.3) is 0 Å². The lowest BCUT2D eigenvalue weighted by Gasteiger charge is -2.28. The van der Waals surface area contributed by atoms with E-state index in [2.05, 4.69) is 74.9 Å². The zero-order valence-corrected chi connectivity index (χ0v) is 17.8. The second-order valence-corrected chi connectivity index (χ2v) is 14.2. The van der Waals surface area contributed by atoms with E-state index in [0.717, 1.165) is 22.6 Å². The van der Waals surface area contributed by atoms with Gasteiger partial charge < -0.3 is 4.57 Å². The van der Waals surface area contributed by atoms with Gasteiger partial charge in [0.2, 0.25) is 0 Å². The molecule has 0 amide bonds. The maximum absolute atomic E-state index is 2.57. The maximum Gasteiger partial charge on any atom is 0.0532 e. The molecule has 134 valence electrons. The van der Waals surface area contributed by atoms with Crippen LogP contribution in [0.2, 0.25) is 0 Å². The van der Waals surface area contributed by atoms with Crippen LogP contribution in [0.1, 0.15) is 53.4 Å². The normalized spacial score (nSPS) is 31.0. The van der Waals surface area contributed by atoms with Crippen LogP contribution < -0.4 is 10.7 Å². The number of hydrogen-bond donors (Lipinski definition) is 0. The highest BCUT2D eigenvalue weighted by molar-refractivity contribution is 7.68. The van der Waals surface area contributed by atoms with Gasteiger partial charge in [0, 0.05) is 16.9 Å². The second-order valence-electron chi connectivity index (χ2n) is 8.09. The van der Waals surface area contributed by atoms with Gasteiger partial charge in [-0.1, -0.05) is 61.7 Å². The molecule has 4 rings (SSSR count). The summed E-state index contributed by atoms with van der Waals surface area (Å²) in [6.07, 6.45) is 7.94. The summed E-state index contributed by atoms with van der Waals surface area (Å²) in [5.74, 6) is 0. The molecule has 1 nitrogen and oxygen atoms in total. The molecule has 4 atom stereocenters. The van der Waals surface area contributed by atoms with E-state index in [1.807, 2.05) is 0 Å². The topological polar surface area (TPSA) is 4.93 Å². The van der Waals surface area contributed by atoms with Gasteiger partial charge in [0.1, 0.15) is 0 Å².